The molecule has 4 aromatic rings. The molecule has 0 radical (unpaired) electrons. The molecule has 6 rings (SSSR count). The second-order valence-electron chi connectivity index (χ2n) is 18.9. The maximum atomic E-state index is 13.6. The summed E-state index contributed by atoms with van der Waals surface area (Å²) in [5.74, 6) is -1.67. The maximum Gasteiger partial charge on any atom is 0.410 e. The molecule has 6 amide bonds. The average Bonchev–Trinajstić information content (AvgIpc) is 3.94. The number of aromatic nitrogens is 4. The summed E-state index contributed by atoms with van der Waals surface area (Å²) in [4.78, 5) is 94.2. The number of methoxy groups -OCH3 is 1. The number of imidazole rings is 1. The van der Waals surface area contributed by atoms with Gasteiger partial charge in [0.05, 0.1) is 66.4 Å². The first-order valence-corrected chi connectivity index (χ1v) is 26.3. The van der Waals surface area contributed by atoms with Crippen LogP contribution >= 0.6 is 0 Å². The number of nitrogens with one attached hydrogen (secondary N) is 3. The number of nitrogens with two attached hydrogens (primary N) is 2. The predicted octanol–water partition coefficient (Wildman–Crippen LogP) is 2.87. The Kier molecular flexibility index (Phi) is 23.2. The van der Waals surface area contributed by atoms with Crippen molar-refractivity contribution in [3.63, 3.8) is 0 Å². The number of amides is 6. The van der Waals surface area contributed by atoms with Crippen LogP contribution in [-0.2, 0) is 56.1 Å². The Morgan fingerprint density at radius 3 is 2.17 bits per heavy atom. The normalized spacial score (nSPS) is 14.3. The van der Waals surface area contributed by atoms with E-state index in [1.165, 1.54) is 16.7 Å². The molecule has 2 aromatic heterocycles. The summed E-state index contributed by atoms with van der Waals surface area (Å²) < 4.78 is 35.1. The highest BCUT2D eigenvalue weighted by molar-refractivity contribution is 6.12. The lowest BCUT2D eigenvalue weighted by Gasteiger charge is -2.35. The quantitative estimate of drug-likeness (QED) is 0.0302. The SMILES string of the molecule is CCCCOc1nc(N)c2nc(O)n(Cc3ccc(N4CCN(C(=O)OCc5ccc(NC(=O)[C@H](CCCCN)NC(=O)[C@@H](NC(=O)CCOCCOCCOCCN6C(=O)C=CC6=O)C(C)C)cc5)CC4)cc3OC)c2n1. The van der Waals surface area contributed by atoms with Gasteiger partial charge >= 0.3 is 12.1 Å². The molecule has 2 aliphatic heterocycles. The number of benzene rings is 2. The number of imide groups is 1. The highest BCUT2D eigenvalue weighted by Gasteiger charge is 2.30. The zero-order valence-electron chi connectivity index (χ0n) is 44.9. The van der Waals surface area contributed by atoms with Crippen LogP contribution in [0.25, 0.3) is 11.2 Å². The first kappa shape index (κ1) is 59.6. The Morgan fingerprint density at radius 1 is 0.808 bits per heavy atom. The largest absolute Gasteiger partial charge is 0.496 e. The van der Waals surface area contributed by atoms with Gasteiger partial charge in [-0.2, -0.15) is 15.0 Å². The molecule has 0 aliphatic carbocycles. The lowest BCUT2D eigenvalue weighted by atomic mass is 10.0. The molecule has 0 unspecified atom stereocenters. The van der Waals surface area contributed by atoms with Crippen molar-refractivity contribution in [3.05, 3.63) is 65.7 Å². The zero-order valence-corrected chi connectivity index (χ0v) is 44.9. The van der Waals surface area contributed by atoms with E-state index >= 15 is 0 Å². The van der Waals surface area contributed by atoms with Gasteiger partial charge in [0.2, 0.25) is 17.7 Å². The zero-order chi connectivity index (χ0) is 56.0. The number of unbranched alkanes of at least 4 members (excludes halogenated alkanes) is 2. The number of hydrogen-bond donors (Lipinski definition) is 6. The highest BCUT2D eigenvalue weighted by atomic mass is 16.6. The monoisotopic (exact) mass is 1090 g/mol. The third-order valence-electron chi connectivity index (χ3n) is 12.8. The Labute approximate surface area is 453 Å². The number of hydrogen-bond acceptors (Lipinski definition) is 19. The number of fused-ring (bicyclic) bond motifs is 1. The Bertz CT molecular complexity index is 2660. The molecule has 25 heteroatoms. The lowest BCUT2D eigenvalue weighted by Crippen LogP contribution is -2.54. The van der Waals surface area contributed by atoms with Gasteiger partial charge in [0, 0.05) is 67.8 Å². The molecule has 2 aromatic carbocycles. The molecule has 8 N–H and O–H groups in total. The molecule has 1 saturated heterocycles. The van der Waals surface area contributed by atoms with Crippen LogP contribution in [0.1, 0.15) is 70.4 Å². The predicted molar refractivity (Wildman–Crippen MR) is 287 cm³/mol. The summed E-state index contributed by atoms with van der Waals surface area (Å²) in [6, 6.07) is 10.6. The van der Waals surface area contributed by atoms with Gasteiger partial charge in [-0.25, -0.2) is 4.79 Å². The number of rotatable bonds is 32. The fraction of sp³-hybridized carbons (Fsp3) is 0.528. The van der Waals surface area contributed by atoms with Crippen LogP contribution in [0.2, 0.25) is 0 Å². The van der Waals surface area contributed by atoms with E-state index in [0.29, 0.717) is 81.2 Å². The topological polar surface area (TPSA) is 319 Å². The summed E-state index contributed by atoms with van der Waals surface area (Å²) >= 11 is 0. The molecule has 1 fully saturated rings. The van der Waals surface area contributed by atoms with Gasteiger partial charge in [-0.3, -0.25) is 33.4 Å². The van der Waals surface area contributed by atoms with Crippen LogP contribution in [-0.4, -0.2) is 175 Å². The molecular formula is C53H74N12O13. The minimum absolute atomic E-state index is 0.00390. The fourth-order valence-corrected chi connectivity index (χ4v) is 8.35. The molecule has 0 saturated carbocycles. The first-order valence-electron chi connectivity index (χ1n) is 26.3. The fourth-order valence-electron chi connectivity index (χ4n) is 8.35. The minimum atomic E-state index is -0.918. The number of ether oxygens (including phenoxy) is 6. The number of aromatic hydroxyl groups is 1. The summed E-state index contributed by atoms with van der Waals surface area (Å²) in [7, 11) is 1.57. The Hall–Kier alpha value is -7.61. The van der Waals surface area contributed by atoms with E-state index in [2.05, 4.69) is 35.8 Å². The number of nitrogen functional groups attached to an aromatic ring is 1. The number of carbonyl (C=O) groups is 6. The summed E-state index contributed by atoms with van der Waals surface area (Å²) in [6.07, 6.45) is 5.28. The molecule has 4 heterocycles. The summed E-state index contributed by atoms with van der Waals surface area (Å²) in [5.41, 5.74) is 15.3. The summed E-state index contributed by atoms with van der Waals surface area (Å²) in [5, 5.41) is 19.3. The molecule has 78 heavy (non-hydrogen) atoms. The van der Waals surface area contributed by atoms with Crippen molar-refractivity contribution in [3.8, 4) is 17.8 Å². The Balaban J connectivity index is 0.902. The van der Waals surface area contributed by atoms with E-state index < -0.39 is 35.9 Å². The smallest absolute Gasteiger partial charge is 0.410 e. The van der Waals surface area contributed by atoms with Gasteiger partial charge in [0.25, 0.3) is 17.8 Å². The third kappa shape index (κ3) is 17.5. The van der Waals surface area contributed by atoms with E-state index in [9.17, 15) is 33.9 Å². The maximum absolute atomic E-state index is 13.6. The van der Waals surface area contributed by atoms with Gasteiger partial charge in [-0.1, -0.05) is 45.4 Å². The van der Waals surface area contributed by atoms with Crippen molar-refractivity contribution in [2.75, 3.05) is 109 Å². The van der Waals surface area contributed by atoms with E-state index in [1.807, 2.05) is 25.1 Å². The second-order valence-corrected chi connectivity index (χ2v) is 18.9. The van der Waals surface area contributed by atoms with Crippen molar-refractivity contribution in [1.29, 1.82) is 0 Å². The number of anilines is 3. The van der Waals surface area contributed by atoms with Gasteiger partial charge in [0.1, 0.15) is 24.4 Å². The summed E-state index contributed by atoms with van der Waals surface area (Å²) in [6.45, 7) is 10.1. The average molecular weight is 1090 g/mol. The van der Waals surface area contributed by atoms with Crippen LogP contribution in [0.5, 0.6) is 17.8 Å². The van der Waals surface area contributed by atoms with Crippen molar-refractivity contribution in [1.82, 2.24) is 40.0 Å². The molecule has 0 spiro atoms. The van der Waals surface area contributed by atoms with Crippen LogP contribution in [0, 0.1) is 5.92 Å². The lowest BCUT2D eigenvalue weighted by molar-refractivity contribution is -0.137. The number of carbonyl (C=O) groups excluding carboxylic acids is 6. The Morgan fingerprint density at radius 2 is 1.50 bits per heavy atom. The van der Waals surface area contributed by atoms with Crippen molar-refractivity contribution >= 4 is 64.0 Å². The molecule has 25 nitrogen and oxygen atoms in total. The second kappa shape index (κ2) is 30.4. The highest BCUT2D eigenvalue weighted by Crippen LogP contribution is 2.31. The van der Waals surface area contributed by atoms with Crippen LogP contribution in [0.15, 0.2) is 54.6 Å². The first-order chi connectivity index (χ1) is 37.7. The van der Waals surface area contributed by atoms with Gasteiger partial charge in [-0.05, 0) is 61.9 Å². The molecular weight excluding hydrogens is 1010 g/mol. The van der Waals surface area contributed by atoms with Crippen LogP contribution in [0.4, 0.5) is 22.0 Å². The van der Waals surface area contributed by atoms with Crippen LogP contribution < -0.4 is 41.8 Å². The standard InChI is InChI=1S/C53H74N12O13/c1-5-6-25-77-51-60-47(55)46-48(61-51)65(52(71)59-46)33-37-12-15-39(32-41(37)73-4)62-20-22-63(23-21-62)53(72)78-34-36-10-13-38(14-11-36)56-49(69)40(9-7-8-19-54)57-50(70)45(35(2)3)58-42(66)18-26-74-28-30-76-31-29-75-27-24-64-43(67)16-17-44(64)68/h10-17,32,35,40,45H,5-9,18-31,33-34,54H2,1-4H3,(H,56,69)(H,57,70)(H,58,66)(H,59,71)(H2,55,60,61)/t40-,45-/m0/s1. The van der Waals surface area contributed by atoms with Gasteiger partial charge < -0.3 is 70.7 Å². The third-order valence-corrected chi connectivity index (χ3v) is 12.8. The van der Waals surface area contributed by atoms with E-state index in [0.717, 1.165) is 29.0 Å². The van der Waals surface area contributed by atoms with Crippen LogP contribution in [0.3, 0.4) is 0 Å². The molecule has 2 atom stereocenters. The van der Waals surface area contributed by atoms with E-state index in [4.69, 9.17) is 39.9 Å². The van der Waals surface area contributed by atoms with Gasteiger partial charge in [0.15, 0.2) is 17.0 Å². The minimum Gasteiger partial charge on any atom is -0.496 e. The van der Waals surface area contributed by atoms with Crippen molar-refractivity contribution in [2.45, 2.75) is 84.5 Å². The van der Waals surface area contributed by atoms with Crippen molar-refractivity contribution < 1.29 is 62.3 Å². The van der Waals surface area contributed by atoms with Crippen molar-refractivity contribution in [2.24, 2.45) is 11.7 Å². The van der Waals surface area contributed by atoms with E-state index in [1.54, 1.807) is 50.1 Å². The molecule has 2 aliphatic rings. The van der Waals surface area contributed by atoms with Gasteiger partial charge in [-0.15, -0.1) is 0 Å². The molecule has 424 valence electrons. The number of piperazine rings is 1. The van der Waals surface area contributed by atoms with E-state index in [-0.39, 0.29) is 107 Å². The molecule has 0 bridgehead atoms. The number of nitrogens with zero attached hydrogens (tertiary/aromatic N) is 7.